The molecule has 0 aliphatic heterocycles. The van der Waals surface area contributed by atoms with Crippen LogP contribution in [-0.2, 0) is 0 Å². The van der Waals surface area contributed by atoms with Gasteiger partial charge < -0.3 is 10.1 Å². The lowest BCUT2D eigenvalue weighted by molar-refractivity contribution is 0.338. The zero-order chi connectivity index (χ0) is 19.4. The van der Waals surface area contributed by atoms with E-state index in [2.05, 4.69) is 19.2 Å². The Balaban J connectivity index is 2.25. The van der Waals surface area contributed by atoms with Gasteiger partial charge in [-0.05, 0) is 50.6 Å². The molecular weight excluding hydrogens is 338 g/mol. The van der Waals surface area contributed by atoms with Gasteiger partial charge in [-0.15, -0.1) is 0 Å². The second-order valence-electron chi connectivity index (χ2n) is 7.05. The number of fused-ring (bicyclic) bond motifs is 1. The summed E-state index contributed by atoms with van der Waals surface area (Å²) < 4.78 is 7.47. The molecule has 0 aliphatic rings. The highest BCUT2D eigenvalue weighted by Crippen LogP contribution is 2.25. The molecule has 0 saturated carbocycles. The number of hydrogen-bond donors (Lipinski definition) is 1. The zero-order valence-electron chi connectivity index (χ0n) is 16.4. The maximum absolute atomic E-state index is 13.4. The lowest BCUT2D eigenvalue weighted by Crippen LogP contribution is -2.31. The molecule has 1 atom stereocenters. The molecule has 0 fully saturated rings. The van der Waals surface area contributed by atoms with Gasteiger partial charge in [-0.25, -0.2) is 4.98 Å². The number of ether oxygens (including phenoxy) is 1. The Labute approximate surface area is 160 Å². The number of nitrogens with one attached hydrogen (secondary N) is 1. The van der Waals surface area contributed by atoms with Crippen molar-refractivity contribution in [3.63, 3.8) is 0 Å². The fraction of sp³-hybridized carbons (Fsp3) is 0.364. The van der Waals surface area contributed by atoms with Crippen molar-refractivity contribution in [2.24, 2.45) is 5.92 Å². The third kappa shape index (κ3) is 4.03. The number of nitrogens with zero attached hydrogens (tertiary/aromatic N) is 2. The van der Waals surface area contributed by atoms with Gasteiger partial charge in [0.25, 0.3) is 5.56 Å². The van der Waals surface area contributed by atoms with Gasteiger partial charge in [0.05, 0.1) is 29.2 Å². The molecule has 0 spiro atoms. The highest BCUT2D eigenvalue weighted by molar-refractivity contribution is 5.78. The van der Waals surface area contributed by atoms with Crippen molar-refractivity contribution < 1.29 is 4.74 Å². The number of aromatic nitrogens is 2. The van der Waals surface area contributed by atoms with E-state index in [9.17, 15) is 4.79 Å². The summed E-state index contributed by atoms with van der Waals surface area (Å²) in [5.74, 6) is 1.87. The molecule has 3 rings (SSSR count). The average molecular weight is 365 g/mol. The van der Waals surface area contributed by atoms with E-state index in [1.165, 1.54) is 0 Å². The zero-order valence-corrected chi connectivity index (χ0v) is 16.4. The fourth-order valence-electron chi connectivity index (χ4n) is 3.10. The van der Waals surface area contributed by atoms with E-state index in [0.29, 0.717) is 35.0 Å². The largest absolute Gasteiger partial charge is 0.492 e. The van der Waals surface area contributed by atoms with Gasteiger partial charge in [-0.1, -0.05) is 38.1 Å². The predicted octanol–water partition coefficient (Wildman–Crippen LogP) is 4.09. The minimum absolute atomic E-state index is 0.0825. The average Bonchev–Trinajstić information content (AvgIpc) is 2.67. The fourth-order valence-corrected chi connectivity index (χ4v) is 3.10. The molecule has 0 amide bonds. The molecule has 0 aliphatic carbocycles. The lowest BCUT2D eigenvalue weighted by Gasteiger charge is -2.21. The molecule has 5 heteroatoms. The van der Waals surface area contributed by atoms with Crippen LogP contribution in [-0.4, -0.2) is 22.7 Å². The summed E-state index contributed by atoms with van der Waals surface area (Å²) in [5, 5.41) is 4.09. The van der Waals surface area contributed by atoms with Crippen LogP contribution >= 0.6 is 0 Å². The van der Waals surface area contributed by atoms with Crippen molar-refractivity contribution in [2.75, 3.05) is 13.2 Å². The number of hydrogen-bond acceptors (Lipinski definition) is 4. The summed E-state index contributed by atoms with van der Waals surface area (Å²) in [7, 11) is 0. The van der Waals surface area contributed by atoms with E-state index in [-0.39, 0.29) is 11.6 Å². The minimum atomic E-state index is -0.0839. The summed E-state index contributed by atoms with van der Waals surface area (Å²) in [4.78, 5) is 18.2. The molecule has 142 valence electrons. The molecule has 2 aromatic carbocycles. The van der Waals surface area contributed by atoms with Gasteiger partial charge in [-0.2, -0.15) is 0 Å². The second kappa shape index (κ2) is 8.35. The van der Waals surface area contributed by atoms with Crippen LogP contribution in [0.1, 0.15) is 39.6 Å². The standard InChI is InChI=1S/C22H27N3O2/c1-5-27-20-13-9-8-12-19(20)25-21(16(4)23-14-15(2)3)24-18-11-7-6-10-17(18)22(25)26/h6-13,15-16,23H,5,14H2,1-4H3/t16-/m0/s1. The lowest BCUT2D eigenvalue weighted by atomic mass is 10.1. The molecule has 1 heterocycles. The van der Waals surface area contributed by atoms with Crippen LogP contribution in [0.2, 0.25) is 0 Å². The Morgan fingerprint density at radius 1 is 1.07 bits per heavy atom. The molecular formula is C22H27N3O2. The number of benzene rings is 2. The minimum Gasteiger partial charge on any atom is -0.492 e. The summed E-state index contributed by atoms with van der Waals surface area (Å²) >= 11 is 0. The molecule has 27 heavy (non-hydrogen) atoms. The maximum atomic E-state index is 13.4. The van der Waals surface area contributed by atoms with E-state index in [4.69, 9.17) is 9.72 Å². The van der Waals surface area contributed by atoms with Crippen LogP contribution in [0.15, 0.2) is 53.3 Å². The monoisotopic (exact) mass is 365 g/mol. The smallest absolute Gasteiger partial charge is 0.266 e. The van der Waals surface area contributed by atoms with E-state index >= 15 is 0 Å². The van der Waals surface area contributed by atoms with Crippen molar-refractivity contribution in [3.05, 3.63) is 64.7 Å². The second-order valence-corrected chi connectivity index (χ2v) is 7.05. The third-order valence-electron chi connectivity index (χ3n) is 4.43. The molecule has 3 aromatic rings. The van der Waals surface area contributed by atoms with E-state index < -0.39 is 0 Å². The molecule has 0 bridgehead atoms. The van der Waals surface area contributed by atoms with Crippen molar-refractivity contribution in [1.82, 2.24) is 14.9 Å². The van der Waals surface area contributed by atoms with E-state index in [1.807, 2.05) is 62.4 Å². The first-order valence-corrected chi connectivity index (χ1v) is 9.50. The normalized spacial score (nSPS) is 12.5. The van der Waals surface area contributed by atoms with Gasteiger partial charge in [0.2, 0.25) is 0 Å². The Kier molecular flexibility index (Phi) is 5.91. The Hall–Kier alpha value is -2.66. The van der Waals surface area contributed by atoms with Crippen LogP contribution in [0.3, 0.4) is 0 Å². The Bertz CT molecular complexity index is 979. The summed E-state index contributed by atoms with van der Waals surface area (Å²) in [6.45, 7) is 9.67. The van der Waals surface area contributed by atoms with Crippen molar-refractivity contribution >= 4 is 10.9 Å². The van der Waals surface area contributed by atoms with Crippen LogP contribution < -0.4 is 15.6 Å². The molecule has 1 N–H and O–H groups in total. The van der Waals surface area contributed by atoms with Gasteiger partial charge in [0.1, 0.15) is 11.6 Å². The first-order valence-electron chi connectivity index (χ1n) is 9.50. The summed E-state index contributed by atoms with van der Waals surface area (Å²) in [5.41, 5.74) is 1.34. The van der Waals surface area contributed by atoms with Gasteiger partial charge in [-0.3, -0.25) is 9.36 Å². The molecule has 0 saturated heterocycles. The number of rotatable bonds is 7. The third-order valence-corrected chi connectivity index (χ3v) is 4.43. The van der Waals surface area contributed by atoms with Crippen molar-refractivity contribution in [3.8, 4) is 11.4 Å². The van der Waals surface area contributed by atoms with E-state index in [1.54, 1.807) is 4.57 Å². The van der Waals surface area contributed by atoms with Crippen LogP contribution in [0.4, 0.5) is 0 Å². The van der Waals surface area contributed by atoms with Crippen LogP contribution in [0.25, 0.3) is 16.6 Å². The SMILES string of the molecule is CCOc1ccccc1-n1c([C@H](C)NCC(C)C)nc2ccccc2c1=O. The summed E-state index contributed by atoms with van der Waals surface area (Å²) in [6.07, 6.45) is 0. The van der Waals surface area contributed by atoms with Crippen molar-refractivity contribution in [1.29, 1.82) is 0 Å². The molecule has 5 nitrogen and oxygen atoms in total. The van der Waals surface area contributed by atoms with Crippen LogP contribution in [0.5, 0.6) is 5.75 Å². The quantitative estimate of drug-likeness (QED) is 0.685. The number of para-hydroxylation sites is 3. The molecule has 1 aromatic heterocycles. The molecule has 0 unspecified atom stereocenters. The topological polar surface area (TPSA) is 56.1 Å². The summed E-state index contributed by atoms with van der Waals surface area (Å²) in [6, 6.07) is 15.0. The van der Waals surface area contributed by atoms with E-state index in [0.717, 1.165) is 12.2 Å². The Morgan fingerprint density at radius 3 is 2.52 bits per heavy atom. The van der Waals surface area contributed by atoms with Crippen LogP contribution in [0, 0.1) is 5.92 Å². The van der Waals surface area contributed by atoms with Gasteiger partial charge in [0, 0.05) is 0 Å². The Morgan fingerprint density at radius 2 is 1.78 bits per heavy atom. The predicted molar refractivity (Wildman–Crippen MR) is 110 cm³/mol. The first kappa shape index (κ1) is 19.1. The van der Waals surface area contributed by atoms with Gasteiger partial charge >= 0.3 is 0 Å². The highest BCUT2D eigenvalue weighted by atomic mass is 16.5. The molecule has 0 radical (unpaired) electrons. The van der Waals surface area contributed by atoms with Crippen molar-refractivity contribution in [2.45, 2.75) is 33.7 Å². The first-order chi connectivity index (χ1) is 13.0. The maximum Gasteiger partial charge on any atom is 0.266 e. The van der Waals surface area contributed by atoms with Gasteiger partial charge in [0.15, 0.2) is 0 Å². The highest BCUT2D eigenvalue weighted by Gasteiger charge is 2.20.